The molecule has 0 spiro atoms. The van der Waals surface area contributed by atoms with Crippen LogP contribution < -0.4 is 16.0 Å². The first-order valence-corrected chi connectivity index (χ1v) is 9.93. The Morgan fingerprint density at radius 2 is 2.03 bits per heavy atom. The zero-order valence-electron chi connectivity index (χ0n) is 16.4. The van der Waals surface area contributed by atoms with E-state index in [9.17, 15) is 10.2 Å². The Hall–Kier alpha value is -3.81. The summed E-state index contributed by atoms with van der Waals surface area (Å²) in [5.74, 6) is 0.489. The zero-order chi connectivity index (χ0) is 20.7. The molecule has 3 aromatic heterocycles. The maximum atomic E-state index is 9.96. The average Bonchev–Trinajstić information content (AvgIpc) is 3.37. The highest BCUT2D eigenvalue weighted by molar-refractivity contribution is 5.62. The Morgan fingerprint density at radius 1 is 1.23 bits per heavy atom. The molecule has 30 heavy (non-hydrogen) atoms. The molecule has 0 radical (unpaired) electrons. The van der Waals surface area contributed by atoms with Crippen LogP contribution in [0.15, 0.2) is 53.7 Å². The second kappa shape index (κ2) is 7.22. The summed E-state index contributed by atoms with van der Waals surface area (Å²) >= 11 is 0. The van der Waals surface area contributed by atoms with E-state index >= 15 is 0 Å². The molecule has 1 fully saturated rings. The molecule has 3 heterocycles. The van der Waals surface area contributed by atoms with Crippen LogP contribution in [-0.4, -0.2) is 35.8 Å². The SMILES string of the molecule is C[C@@H](Nc1cc(=NC2CC2)n2ncc(=Cc3cc(O)[nH]c3O)c2n1)c1ccccc1. The summed E-state index contributed by atoms with van der Waals surface area (Å²) in [7, 11) is 0. The van der Waals surface area contributed by atoms with Crippen LogP contribution in [0.4, 0.5) is 5.82 Å². The number of aromatic nitrogens is 4. The van der Waals surface area contributed by atoms with E-state index in [1.54, 1.807) is 16.8 Å². The molecule has 1 atom stereocenters. The number of hydrogen-bond donors (Lipinski definition) is 4. The van der Waals surface area contributed by atoms with Crippen molar-refractivity contribution in [2.75, 3.05) is 5.32 Å². The molecular formula is C22H22N6O2. The number of benzene rings is 1. The van der Waals surface area contributed by atoms with Gasteiger partial charge in [0.2, 0.25) is 0 Å². The van der Waals surface area contributed by atoms with Crippen LogP contribution in [0, 0.1) is 0 Å². The van der Waals surface area contributed by atoms with Gasteiger partial charge in [-0.2, -0.15) is 9.61 Å². The van der Waals surface area contributed by atoms with Gasteiger partial charge in [-0.15, -0.1) is 0 Å². The molecule has 4 N–H and O–H groups in total. The topological polar surface area (TPSA) is 111 Å². The predicted molar refractivity (Wildman–Crippen MR) is 113 cm³/mol. The Bertz CT molecular complexity index is 1320. The second-order valence-corrected chi connectivity index (χ2v) is 7.57. The van der Waals surface area contributed by atoms with Crippen LogP contribution in [0.25, 0.3) is 11.7 Å². The first-order chi connectivity index (χ1) is 14.6. The molecule has 0 saturated heterocycles. The lowest BCUT2D eigenvalue weighted by Gasteiger charge is -2.15. The van der Waals surface area contributed by atoms with Crippen LogP contribution >= 0.6 is 0 Å². The summed E-state index contributed by atoms with van der Waals surface area (Å²) in [6, 6.07) is 13.9. The van der Waals surface area contributed by atoms with Crippen LogP contribution in [0.1, 0.15) is 36.9 Å². The predicted octanol–water partition coefficient (Wildman–Crippen LogP) is 2.25. The maximum absolute atomic E-state index is 9.96. The highest BCUT2D eigenvalue weighted by Gasteiger charge is 2.20. The summed E-state index contributed by atoms with van der Waals surface area (Å²) in [6.45, 7) is 2.09. The maximum Gasteiger partial charge on any atom is 0.198 e. The Kier molecular flexibility index (Phi) is 4.39. The minimum atomic E-state index is -0.110. The third-order valence-electron chi connectivity index (χ3n) is 5.13. The van der Waals surface area contributed by atoms with Crippen LogP contribution in [0.3, 0.4) is 0 Å². The highest BCUT2D eigenvalue weighted by atomic mass is 16.3. The second-order valence-electron chi connectivity index (χ2n) is 7.57. The normalized spacial score (nSPS) is 16.3. The molecule has 1 saturated carbocycles. The van der Waals surface area contributed by atoms with Gasteiger partial charge in [0.15, 0.2) is 22.9 Å². The number of nitrogens with zero attached hydrogens (tertiary/aromatic N) is 4. The van der Waals surface area contributed by atoms with Gasteiger partial charge in [0.05, 0.1) is 12.2 Å². The van der Waals surface area contributed by atoms with Gasteiger partial charge < -0.3 is 15.5 Å². The number of aromatic hydroxyl groups is 2. The first kappa shape index (κ1) is 18.2. The van der Waals surface area contributed by atoms with E-state index in [1.807, 2.05) is 24.3 Å². The number of H-pyrrole nitrogens is 1. The summed E-state index contributed by atoms with van der Waals surface area (Å²) in [5.41, 5.74) is 2.99. The number of anilines is 1. The van der Waals surface area contributed by atoms with Crippen molar-refractivity contribution in [2.45, 2.75) is 31.8 Å². The Morgan fingerprint density at radius 3 is 2.73 bits per heavy atom. The first-order valence-electron chi connectivity index (χ1n) is 9.93. The summed E-state index contributed by atoms with van der Waals surface area (Å²) in [5, 5.41) is 28.2. The molecule has 8 heteroatoms. The molecule has 0 bridgehead atoms. The summed E-state index contributed by atoms with van der Waals surface area (Å²) < 4.78 is 1.71. The van der Waals surface area contributed by atoms with Gasteiger partial charge in [0.1, 0.15) is 5.82 Å². The smallest absolute Gasteiger partial charge is 0.198 e. The molecule has 152 valence electrons. The number of aromatic amines is 1. The van der Waals surface area contributed by atoms with E-state index in [0.29, 0.717) is 28.3 Å². The van der Waals surface area contributed by atoms with Gasteiger partial charge in [-0.3, -0.25) is 9.98 Å². The van der Waals surface area contributed by atoms with Gasteiger partial charge in [-0.25, -0.2) is 4.98 Å². The number of nitrogens with one attached hydrogen (secondary N) is 2. The van der Waals surface area contributed by atoms with Crippen molar-refractivity contribution in [1.82, 2.24) is 19.6 Å². The Balaban J connectivity index is 1.62. The van der Waals surface area contributed by atoms with Crippen molar-refractivity contribution in [3.05, 3.63) is 70.5 Å². The van der Waals surface area contributed by atoms with Crippen molar-refractivity contribution in [3.63, 3.8) is 0 Å². The monoisotopic (exact) mass is 402 g/mol. The fourth-order valence-corrected chi connectivity index (χ4v) is 3.39. The third-order valence-corrected chi connectivity index (χ3v) is 5.13. The minimum absolute atomic E-state index is 0.0657. The molecule has 5 rings (SSSR count). The summed E-state index contributed by atoms with van der Waals surface area (Å²) in [6.07, 6.45) is 5.59. The average molecular weight is 402 g/mol. The lowest BCUT2D eigenvalue weighted by molar-refractivity contribution is 0.425. The number of hydrogen-bond acceptors (Lipinski definition) is 6. The van der Waals surface area contributed by atoms with E-state index < -0.39 is 0 Å². The van der Waals surface area contributed by atoms with Gasteiger partial charge in [0.25, 0.3) is 0 Å². The van der Waals surface area contributed by atoms with Crippen molar-refractivity contribution >= 4 is 17.5 Å². The van der Waals surface area contributed by atoms with E-state index in [2.05, 4.69) is 34.5 Å². The lowest BCUT2D eigenvalue weighted by atomic mass is 10.1. The fourth-order valence-electron chi connectivity index (χ4n) is 3.39. The van der Waals surface area contributed by atoms with Crippen molar-refractivity contribution < 1.29 is 10.2 Å². The van der Waals surface area contributed by atoms with Gasteiger partial charge in [-0.05, 0) is 31.4 Å². The number of rotatable bonds is 5. The van der Waals surface area contributed by atoms with Gasteiger partial charge in [-0.1, -0.05) is 30.3 Å². The Labute approximate surface area is 172 Å². The molecule has 8 nitrogen and oxygen atoms in total. The van der Waals surface area contributed by atoms with Crippen LogP contribution in [0.2, 0.25) is 0 Å². The quantitative estimate of drug-likeness (QED) is 0.409. The molecule has 1 aliphatic rings. The highest BCUT2D eigenvalue weighted by Crippen LogP contribution is 2.23. The van der Waals surface area contributed by atoms with Gasteiger partial charge in [0, 0.05) is 29.0 Å². The van der Waals surface area contributed by atoms with Gasteiger partial charge >= 0.3 is 0 Å². The van der Waals surface area contributed by atoms with Crippen molar-refractivity contribution in [2.24, 2.45) is 4.99 Å². The molecule has 0 amide bonds. The molecule has 0 aliphatic heterocycles. The van der Waals surface area contributed by atoms with E-state index in [1.165, 1.54) is 6.07 Å². The molecule has 4 aromatic rings. The van der Waals surface area contributed by atoms with E-state index in [0.717, 1.165) is 23.9 Å². The molecular weight excluding hydrogens is 380 g/mol. The molecule has 1 aromatic carbocycles. The standard InChI is InChI=1S/C22H22N6O2/c1-13(14-5-3-2-4-6-14)24-18-11-19(25-17-7-8-17)28-21(26-18)16(12-23-28)9-15-10-20(29)27-22(15)30/h2-6,9-13,17,24,27,29-30H,7-8H2,1H3/t13-/m1/s1. The van der Waals surface area contributed by atoms with Crippen molar-refractivity contribution in [3.8, 4) is 11.8 Å². The van der Waals surface area contributed by atoms with E-state index in [4.69, 9.17) is 9.98 Å². The van der Waals surface area contributed by atoms with Crippen LogP contribution in [-0.2, 0) is 0 Å². The molecule has 1 aliphatic carbocycles. The number of fused-ring (bicyclic) bond motifs is 1. The lowest BCUT2D eigenvalue weighted by Crippen LogP contribution is -2.21. The van der Waals surface area contributed by atoms with E-state index in [-0.39, 0.29) is 17.8 Å². The van der Waals surface area contributed by atoms with Crippen molar-refractivity contribution in [1.29, 1.82) is 0 Å². The summed E-state index contributed by atoms with van der Waals surface area (Å²) in [4.78, 5) is 12.0. The fraction of sp³-hybridized carbons (Fsp3) is 0.227. The minimum Gasteiger partial charge on any atom is -0.494 e. The van der Waals surface area contributed by atoms with Crippen LogP contribution in [0.5, 0.6) is 11.8 Å². The third kappa shape index (κ3) is 3.59. The largest absolute Gasteiger partial charge is 0.494 e. The molecule has 0 unspecified atom stereocenters. The zero-order valence-corrected chi connectivity index (χ0v) is 16.4.